The second-order valence-corrected chi connectivity index (χ2v) is 8.08. The molecule has 0 radical (unpaired) electrons. The van der Waals surface area contributed by atoms with E-state index in [9.17, 15) is 9.59 Å². The Morgan fingerprint density at radius 2 is 1.64 bits per heavy atom. The van der Waals surface area contributed by atoms with Crippen molar-refractivity contribution >= 4 is 18.1 Å². The first-order valence-corrected chi connectivity index (χ1v) is 11.2. The lowest BCUT2D eigenvalue weighted by Gasteiger charge is -2.14. The van der Waals surface area contributed by atoms with Crippen LogP contribution < -0.4 is 5.32 Å². The molecule has 4 rings (SSSR count). The van der Waals surface area contributed by atoms with E-state index in [1.54, 1.807) is 0 Å². The Balaban J connectivity index is 1.23. The number of carboxylic acids is 1. The number of ether oxygens (including phenoxy) is 1. The van der Waals surface area contributed by atoms with Crippen molar-refractivity contribution < 1.29 is 19.4 Å². The molecule has 33 heavy (non-hydrogen) atoms. The summed E-state index contributed by atoms with van der Waals surface area (Å²) >= 11 is 0. The van der Waals surface area contributed by atoms with E-state index in [-0.39, 0.29) is 12.3 Å². The highest BCUT2D eigenvalue weighted by Crippen LogP contribution is 2.44. The zero-order valence-corrected chi connectivity index (χ0v) is 18.4. The summed E-state index contributed by atoms with van der Waals surface area (Å²) in [6.45, 7) is 0.782. The first kappa shape index (κ1) is 22.3. The van der Waals surface area contributed by atoms with Gasteiger partial charge in [0.15, 0.2) is 0 Å². The van der Waals surface area contributed by atoms with Crippen LogP contribution in [-0.2, 0) is 16.0 Å². The second kappa shape index (κ2) is 10.6. The van der Waals surface area contributed by atoms with Crippen LogP contribution >= 0.6 is 0 Å². The minimum atomic E-state index is -0.796. The molecule has 0 aromatic heterocycles. The number of carboxylic acid groups (broad SMARTS) is 1. The van der Waals surface area contributed by atoms with E-state index in [1.807, 2.05) is 60.7 Å². The second-order valence-electron chi connectivity index (χ2n) is 8.08. The fraction of sp³-hybridized carbons (Fsp3) is 0.214. The van der Waals surface area contributed by atoms with Crippen molar-refractivity contribution in [3.8, 4) is 11.1 Å². The van der Waals surface area contributed by atoms with Gasteiger partial charge in [0, 0.05) is 18.9 Å². The fourth-order valence-electron chi connectivity index (χ4n) is 4.23. The van der Waals surface area contributed by atoms with Crippen LogP contribution in [0.2, 0.25) is 0 Å². The van der Waals surface area contributed by atoms with Crippen LogP contribution in [0.4, 0.5) is 4.79 Å². The number of nitrogens with one attached hydrogen (secondary N) is 1. The number of aryl methyl sites for hydroxylation is 1. The average Bonchev–Trinajstić information content (AvgIpc) is 3.15. The molecule has 5 nitrogen and oxygen atoms in total. The van der Waals surface area contributed by atoms with E-state index < -0.39 is 12.1 Å². The van der Waals surface area contributed by atoms with Crippen molar-refractivity contribution in [2.75, 3.05) is 13.2 Å². The van der Waals surface area contributed by atoms with E-state index in [4.69, 9.17) is 9.84 Å². The third-order valence-electron chi connectivity index (χ3n) is 5.81. The molecular weight excluding hydrogens is 414 g/mol. The topological polar surface area (TPSA) is 75.6 Å². The number of hydrogen-bond acceptors (Lipinski definition) is 3. The highest BCUT2D eigenvalue weighted by Gasteiger charge is 2.28. The van der Waals surface area contributed by atoms with Crippen molar-refractivity contribution in [2.45, 2.75) is 25.2 Å². The molecule has 0 saturated heterocycles. The number of rotatable bonds is 9. The summed E-state index contributed by atoms with van der Waals surface area (Å²) < 4.78 is 5.54. The van der Waals surface area contributed by atoms with Gasteiger partial charge in [-0.25, -0.2) is 4.79 Å². The maximum absolute atomic E-state index is 12.2. The molecule has 1 aliphatic rings. The summed E-state index contributed by atoms with van der Waals surface area (Å²) in [6.07, 6.45) is 4.85. The summed E-state index contributed by atoms with van der Waals surface area (Å²) in [5, 5.41) is 11.6. The fourth-order valence-corrected chi connectivity index (χ4v) is 4.23. The van der Waals surface area contributed by atoms with Crippen LogP contribution in [0.25, 0.3) is 17.2 Å². The van der Waals surface area contributed by atoms with Crippen LogP contribution in [0.5, 0.6) is 0 Å². The molecule has 0 aliphatic heterocycles. The zero-order chi connectivity index (χ0) is 23.0. The van der Waals surface area contributed by atoms with Crippen LogP contribution in [0, 0.1) is 0 Å². The van der Waals surface area contributed by atoms with Gasteiger partial charge < -0.3 is 15.2 Å². The molecule has 0 saturated carbocycles. The van der Waals surface area contributed by atoms with E-state index in [0.717, 1.165) is 11.1 Å². The first-order chi connectivity index (χ1) is 16.1. The quantitative estimate of drug-likeness (QED) is 0.421. The molecule has 0 unspecified atom stereocenters. The molecule has 5 heteroatoms. The minimum Gasteiger partial charge on any atom is -0.481 e. The monoisotopic (exact) mass is 441 g/mol. The Morgan fingerprint density at radius 1 is 0.939 bits per heavy atom. The van der Waals surface area contributed by atoms with Gasteiger partial charge in [0.1, 0.15) is 6.61 Å². The average molecular weight is 442 g/mol. The van der Waals surface area contributed by atoms with Gasteiger partial charge in [0.05, 0.1) is 0 Å². The number of amides is 1. The highest BCUT2D eigenvalue weighted by molar-refractivity contribution is 5.79. The van der Waals surface area contributed by atoms with Gasteiger partial charge in [-0.2, -0.15) is 0 Å². The lowest BCUT2D eigenvalue weighted by Crippen LogP contribution is -2.26. The van der Waals surface area contributed by atoms with Crippen LogP contribution in [0.1, 0.15) is 41.0 Å². The van der Waals surface area contributed by atoms with Gasteiger partial charge in [-0.15, -0.1) is 0 Å². The van der Waals surface area contributed by atoms with Gasteiger partial charge in [0.2, 0.25) is 0 Å². The Kier molecular flexibility index (Phi) is 7.20. The van der Waals surface area contributed by atoms with Gasteiger partial charge in [-0.3, -0.25) is 4.79 Å². The molecule has 0 atom stereocenters. The van der Waals surface area contributed by atoms with Crippen LogP contribution in [0.15, 0.2) is 78.9 Å². The summed E-state index contributed by atoms with van der Waals surface area (Å²) in [5.41, 5.74) is 6.81. The van der Waals surface area contributed by atoms with Crippen molar-refractivity contribution in [1.82, 2.24) is 5.32 Å². The lowest BCUT2D eigenvalue weighted by atomic mass is 9.98. The molecule has 0 fully saturated rings. The molecule has 168 valence electrons. The number of aliphatic carboxylic acids is 1. The summed E-state index contributed by atoms with van der Waals surface area (Å²) in [6, 6.07) is 24.3. The molecule has 0 spiro atoms. The predicted molar refractivity (Wildman–Crippen MR) is 129 cm³/mol. The number of fused-ring (bicyclic) bond motifs is 3. The van der Waals surface area contributed by atoms with E-state index in [1.165, 1.54) is 22.3 Å². The maximum atomic E-state index is 12.2. The van der Waals surface area contributed by atoms with Gasteiger partial charge in [-0.05, 0) is 46.2 Å². The number of carbonyl (C=O) groups excluding carboxylic acids is 1. The maximum Gasteiger partial charge on any atom is 0.407 e. The summed E-state index contributed by atoms with van der Waals surface area (Å²) in [5.74, 6) is -0.744. The molecule has 1 amide bonds. The minimum absolute atomic E-state index is 0.0523. The highest BCUT2D eigenvalue weighted by atomic mass is 16.5. The molecular formula is C28H27NO4. The van der Waals surface area contributed by atoms with E-state index in [0.29, 0.717) is 26.0 Å². The molecule has 0 heterocycles. The van der Waals surface area contributed by atoms with Gasteiger partial charge in [-0.1, -0.05) is 84.9 Å². The largest absolute Gasteiger partial charge is 0.481 e. The van der Waals surface area contributed by atoms with Crippen molar-refractivity contribution in [2.24, 2.45) is 0 Å². The SMILES string of the molecule is O=C(O)CCc1cccc(C=CCCNC(=O)OCC2c3ccccc3-c3ccccc32)c1. The van der Waals surface area contributed by atoms with E-state index in [2.05, 4.69) is 29.6 Å². The third-order valence-corrected chi connectivity index (χ3v) is 5.81. The van der Waals surface area contributed by atoms with Crippen molar-refractivity contribution in [3.05, 3.63) is 101 Å². The molecule has 0 bridgehead atoms. The van der Waals surface area contributed by atoms with E-state index >= 15 is 0 Å². The Morgan fingerprint density at radius 3 is 2.33 bits per heavy atom. The van der Waals surface area contributed by atoms with Gasteiger partial charge in [0.25, 0.3) is 0 Å². The standard InChI is InChI=1S/C28H27NO4/c30-27(31)16-15-21-10-7-9-20(18-21)8-5-6-17-29-28(32)33-19-26-24-13-3-1-11-22(24)23-12-2-4-14-25(23)26/h1-5,7-14,18,26H,6,15-17,19H2,(H,29,32)(H,30,31). The van der Waals surface area contributed by atoms with Crippen LogP contribution in [-0.4, -0.2) is 30.3 Å². The first-order valence-electron chi connectivity index (χ1n) is 11.2. The zero-order valence-electron chi connectivity index (χ0n) is 18.4. The van der Waals surface area contributed by atoms with Crippen molar-refractivity contribution in [3.63, 3.8) is 0 Å². The summed E-state index contributed by atoms with van der Waals surface area (Å²) in [4.78, 5) is 23.0. The smallest absolute Gasteiger partial charge is 0.407 e. The molecule has 3 aromatic rings. The molecule has 3 aromatic carbocycles. The lowest BCUT2D eigenvalue weighted by molar-refractivity contribution is -0.136. The summed E-state index contributed by atoms with van der Waals surface area (Å²) in [7, 11) is 0. The number of hydrogen-bond donors (Lipinski definition) is 2. The Labute approximate surface area is 193 Å². The normalized spacial score (nSPS) is 12.4. The van der Waals surface area contributed by atoms with Crippen molar-refractivity contribution in [1.29, 1.82) is 0 Å². The van der Waals surface area contributed by atoms with Gasteiger partial charge >= 0.3 is 12.1 Å². The number of benzene rings is 3. The molecule has 2 N–H and O–H groups in total. The number of alkyl carbamates (subject to hydrolysis) is 1. The number of carbonyl (C=O) groups is 2. The Hall–Kier alpha value is -3.86. The van der Waals surface area contributed by atoms with Crippen LogP contribution in [0.3, 0.4) is 0 Å². The predicted octanol–water partition coefficient (Wildman–Crippen LogP) is 5.65. The third kappa shape index (κ3) is 5.69. The Bertz CT molecular complexity index is 1120. The molecule has 1 aliphatic carbocycles.